The fourth-order valence-corrected chi connectivity index (χ4v) is 0.980. The fourth-order valence-electron chi connectivity index (χ4n) is 0.682. The number of hydrogen-bond acceptors (Lipinski definition) is 2. The third-order valence-corrected chi connectivity index (χ3v) is 1.83. The van der Waals surface area contributed by atoms with E-state index in [4.69, 9.17) is 28.4 Å². The van der Waals surface area contributed by atoms with Crippen LogP contribution < -0.4 is 0 Å². The molecule has 1 aromatic carbocycles. The van der Waals surface area contributed by atoms with Crippen molar-refractivity contribution in [1.82, 2.24) is 0 Å². The molecule has 0 saturated heterocycles. The minimum atomic E-state index is -0.539. The molecule has 1 aromatic rings. The molecule has 12 heavy (non-hydrogen) atoms. The molecule has 0 atom stereocenters. The molecule has 1 rings (SSSR count). The van der Waals surface area contributed by atoms with Crippen LogP contribution in [-0.2, 0) is 0 Å². The largest absolute Gasteiger partial charge is 0.410 e. The van der Waals surface area contributed by atoms with Crippen LogP contribution in [0.25, 0.3) is 0 Å². The van der Waals surface area contributed by atoms with Crippen molar-refractivity contribution in [2.75, 3.05) is 0 Å². The zero-order valence-corrected chi connectivity index (χ0v) is 7.27. The van der Waals surface area contributed by atoms with E-state index >= 15 is 0 Å². The summed E-state index contributed by atoms with van der Waals surface area (Å²) in [5, 5.41) is 10.8. The van der Waals surface area contributed by atoms with Crippen molar-refractivity contribution >= 4 is 28.4 Å². The van der Waals surface area contributed by atoms with Crippen LogP contribution in [0.15, 0.2) is 23.4 Å². The predicted molar refractivity (Wildman–Crippen MR) is 45.6 cm³/mol. The van der Waals surface area contributed by atoms with E-state index < -0.39 is 5.82 Å². The van der Waals surface area contributed by atoms with Gasteiger partial charge >= 0.3 is 0 Å². The molecule has 0 aliphatic rings. The Labute approximate surface area is 78.2 Å². The molecular formula is C7H4Cl2FNO. The van der Waals surface area contributed by atoms with E-state index in [9.17, 15) is 4.39 Å². The van der Waals surface area contributed by atoms with Crippen LogP contribution in [0.3, 0.4) is 0 Å². The van der Waals surface area contributed by atoms with Crippen LogP contribution in [-0.4, -0.2) is 10.4 Å². The van der Waals surface area contributed by atoms with Crippen LogP contribution in [0, 0.1) is 5.82 Å². The van der Waals surface area contributed by atoms with Crippen LogP contribution in [0.4, 0.5) is 4.39 Å². The summed E-state index contributed by atoms with van der Waals surface area (Å²) < 4.78 is 12.6. The summed E-state index contributed by atoms with van der Waals surface area (Å²) in [5.41, 5.74) is 0.366. The van der Waals surface area contributed by atoms with Gasteiger partial charge in [-0.05, 0) is 18.2 Å². The minimum Gasteiger partial charge on any atom is -0.410 e. The Bertz CT molecular complexity index is 327. The van der Waals surface area contributed by atoms with Crippen molar-refractivity contribution in [1.29, 1.82) is 0 Å². The molecule has 0 aromatic heterocycles. The van der Waals surface area contributed by atoms with Crippen molar-refractivity contribution in [3.63, 3.8) is 0 Å². The topological polar surface area (TPSA) is 32.6 Å². The van der Waals surface area contributed by atoms with Crippen molar-refractivity contribution in [3.8, 4) is 0 Å². The van der Waals surface area contributed by atoms with Gasteiger partial charge in [-0.25, -0.2) is 4.39 Å². The maximum atomic E-state index is 12.6. The molecule has 0 amide bonds. The maximum absolute atomic E-state index is 12.6. The summed E-state index contributed by atoms with van der Waals surface area (Å²) in [4.78, 5) is 0. The molecule has 0 unspecified atom stereocenters. The Hall–Kier alpha value is -0.800. The lowest BCUT2D eigenvalue weighted by molar-refractivity contribution is 0.321. The number of hydrogen-bond donors (Lipinski definition) is 1. The molecule has 2 nitrogen and oxygen atoms in total. The second-order valence-corrected chi connectivity index (χ2v) is 2.78. The van der Waals surface area contributed by atoms with E-state index in [1.807, 2.05) is 0 Å². The zero-order valence-electron chi connectivity index (χ0n) is 5.76. The summed E-state index contributed by atoms with van der Waals surface area (Å²) in [6.07, 6.45) is 0. The highest BCUT2D eigenvalue weighted by molar-refractivity contribution is 6.69. The zero-order chi connectivity index (χ0) is 9.14. The lowest BCUT2D eigenvalue weighted by atomic mass is 10.2. The van der Waals surface area contributed by atoms with Gasteiger partial charge in [0.05, 0.1) is 5.02 Å². The number of halogens is 3. The molecular weight excluding hydrogens is 204 g/mol. The summed E-state index contributed by atoms with van der Waals surface area (Å²) in [7, 11) is 0. The van der Waals surface area contributed by atoms with Gasteiger partial charge in [0.15, 0.2) is 5.17 Å². The summed E-state index contributed by atoms with van der Waals surface area (Å²) in [5.74, 6) is -0.539. The molecule has 0 bridgehead atoms. The lowest BCUT2D eigenvalue weighted by Gasteiger charge is -1.97. The highest BCUT2D eigenvalue weighted by Gasteiger charge is 2.04. The quantitative estimate of drug-likeness (QED) is 0.429. The molecule has 0 heterocycles. The normalized spacial score (nSPS) is 11.8. The third kappa shape index (κ3) is 1.87. The van der Waals surface area contributed by atoms with E-state index in [0.29, 0.717) is 5.56 Å². The van der Waals surface area contributed by atoms with Crippen LogP contribution in [0.5, 0.6) is 0 Å². The number of benzene rings is 1. The molecule has 0 aliphatic heterocycles. The molecule has 5 heteroatoms. The van der Waals surface area contributed by atoms with Crippen molar-refractivity contribution < 1.29 is 9.60 Å². The molecule has 0 spiro atoms. The number of oxime groups is 1. The highest BCUT2D eigenvalue weighted by atomic mass is 35.5. The minimum absolute atomic E-state index is 0.0608. The van der Waals surface area contributed by atoms with Gasteiger partial charge in [-0.15, -0.1) is 0 Å². The van der Waals surface area contributed by atoms with Crippen LogP contribution in [0.2, 0.25) is 5.02 Å². The third-order valence-electron chi connectivity index (χ3n) is 1.25. The van der Waals surface area contributed by atoms with Gasteiger partial charge < -0.3 is 5.21 Å². The molecule has 0 saturated carbocycles. The van der Waals surface area contributed by atoms with Gasteiger partial charge in [0, 0.05) is 5.56 Å². The molecule has 64 valence electrons. The van der Waals surface area contributed by atoms with E-state index in [2.05, 4.69) is 5.16 Å². The lowest BCUT2D eigenvalue weighted by Crippen LogP contribution is -1.91. The first-order chi connectivity index (χ1) is 5.65. The molecule has 0 aliphatic carbocycles. The van der Waals surface area contributed by atoms with Crippen molar-refractivity contribution in [3.05, 3.63) is 34.6 Å². The average molecular weight is 208 g/mol. The first-order valence-electron chi connectivity index (χ1n) is 2.98. The van der Waals surface area contributed by atoms with Gasteiger partial charge in [-0.3, -0.25) is 0 Å². The molecule has 1 N–H and O–H groups in total. The number of nitrogens with zero attached hydrogens (tertiary/aromatic N) is 1. The Kier molecular flexibility index (Phi) is 2.89. The highest BCUT2D eigenvalue weighted by Crippen LogP contribution is 2.17. The molecule has 0 fully saturated rings. The van der Waals surface area contributed by atoms with E-state index in [0.717, 1.165) is 6.07 Å². The Morgan fingerprint density at radius 3 is 2.67 bits per heavy atom. The first-order valence-corrected chi connectivity index (χ1v) is 3.73. The van der Waals surface area contributed by atoms with Crippen molar-refractivity contribution in [2.45, 2.75) is 0 Å². The van der Waals surface area contributed by atoms with E-state index in [1.165, 1.54) is 12.1 Å². The van der Waals surface area contributed by atoms with Gasteiger partial charge in [-0.1, -0.05) is 28.4 Å². The van der Waals surface area contributed by atoms with Crippen LogP contribution >= 0.6 is 23.2 Å². The Balaban J connectivity index is 3.13. The Morgan fingerprint density at radius 2 is 2.17 bits per heavy atom. The second-order valence-electron chi connectivity index (χ2n) is 2.02. The number of rotatable bonds is 1. The van der Waals surface area contributed by atoms with Crippen LogP contribution in [0.1, 0.15) is 5.56 Å². The fraction of sp³-hybridized carbons (Fsp3) is 0. The van der Waals surface area contributed by atoms with E-state index in [1.54, 1.807) is 0 Å². The SMILES string of the molecule is ON=C(Cl)c1ccc(F)c(Cl)c1. The predicted octanol–water partition coefficient (Wildman–Crippen LogP) is 2.85. The van der Waals surface area contributed by atoms with Gasteiger partial charge in [0.1, 0.15) is 5.82 Å². The molecule has 0 radical (unpaired) electrons. The Morgan fingerprint density at radius 1 is 1.50 bits per heavy atom. The summed E-state index contributed by atoms with van der Waals surface area (Å²) in [6.45, 7) is 0. The van der Waals surface area contributed by atoms with Crippen molar-refractivity contribution in [2.24, 2.45) is 5.16 Å². The average Bonchev–Trinajstić information content (AvgIpc) is 2.08. The smallest absolute Gasteiger partial charge is 0.175 e. The van der Waals surface area contributed by atoms with Gasteiger partial charge in [0.25, 0.3) is 0 Å². The van der Waals surface area contributed by atoms with Gasteiger partial charge in [-0.2, -0.15) is 0 Å². The second kappa shape index (κ2) is 3.74. The standard InChI is InChI=1S/C7H4Cl2FNO/c8-5-3-4(7(9)11-12)1-2-6(5)10/h1-3,12H. The maximum Gasteiger partial charge on any atom is 0.175 e. The monoisotopic (exact) mass is 207 g/mol. The van der Waals surface area contributed by atoms with E-state index in [-0.39, 0.29) is 10.2 Å². The summed E-state index contributed by atoms with van der Waals surface area (Å²) in [6, 6.07) is 3.79. The summed E-state index contributed by atoms with van der Waals surface area (Å²) >= 11 is 10.9. The van der Waals surface area contributed by atoms with Gasteiger partial charge in [0.2, 0.25) is 0 Å². The first kappa shape index (κ1) is 9.29.